The van der Waals surface area contributed by atoms with Crippen LogP contribution in [-0.2, 0) is 11.8 Å². The Hall–Kier alpha value is -2.44. The Morgan fingerprint density at radius 3 is 2.83 bits per heavy atom. The third kappa shape index (κ3) is 3.39. The second kappa shape index (κ2) is 6.98. The van der Waals surface area contributed by atoms with Crippen molar-refractivity contribution in [3.8, 4) is 11.3 Å². The maximum Gasteiger partial charge on any atom is 0.223 e. The number of likely N-dealkylation sites (tertiary alicyclic amines) is 1. The smallest absolute Gasteiger partial charge is 0.223 e. The van der Waals surface area contributed by atoms with E-state index in [4.69, 9.17) is 0 Å². The van der Waals surface area contributed by atoms with Gasteiger partial charge >= 0.3 is 0 Å². The minimum atomic E-state index is 0.249. The fraction of sp³-hybridized carbons (Fsp3) is 0.529. The number of carbonyl (C=O) groups excluding carboxylic acids is 1. The molecule has 1 fully saturated rings. The summed E-state index contributed by atoms with van der Waals surface area (Å²) in [5, 5.41) is 7.67. The third-order valence-electron chi connectivity index (χ3n) is 4.51. The second-order valence-corrected chi connectivity index (χ2v) is 6.20. The van der Waals surface area contributed by atoms with Crippen LogP contribution in [0, 0.1) is 13.8 Å². The van der Waals surface area contributed by atoms with E-state index in [9.17, 15) is 4.79 Å². The number of piperidine rings is 1. The first-order valence-electron chi connectivity index (χ1n) is 8.41. The summed E-state index contributed by atoms with van der Waals surface area (Å²) in [4.78, 5) is 22.6. The van der Waals surface area contributed by atoms with E-state index in [1.54, 1.807) is 6.20 Å². The number of carbonyl (C=O) groups is 1. The largest absolute Gasteiger partial charge is 0.352 e. The lowest BCUT2D eigenvalue weighted by Gasteiger charge is -2.26. The molecule has 0 atom stereocenters. The average molecular weight is 328 g/mol. The van der Waals surface area contributed by atoms with Gasteiger partial charge in [0.15, 0.2) is 0 Å². The predicted molar refractivity (Wildman–Crippen MR) is 92.6 cm³/mol. The summed E-state index contributed by atoms with van der Waals surface area (Å²) in [6.07, 6.45) is 4.53. The summed E-state index contributed by atoms with van der Waals surface area (Å²) in [7, 11) is 1.93. The molecule has 0 bridgehead atoms. The number of nitrogens with one attached hydrogen (secondary N) is 1. The predicted octanol–water partition coefficient (Wildman–Crippen LogP) is 1.92. The topological polar surface area (TPSA) is 75.9 Å². The normalized spacial score (nSPS) is 15.0. The molecular formula is C17H24N6O. The van der Waals surface area contributed by atoms with Crippen molar-refractivity contribution in [3.05, 3.63) is 23.7 Å². The van der Waals surface area contributed by atoms with Gasteiger partial charge in [0.1, 0.15) is 0 Å². The number of anilines is 1. The molecule has 0 radical (unpaired) electrons. The number of nitrogens with zero attached hydrogens (tertiary/aromatic N) is 5. The Labute approximate surface area is 142 Å². The third-order valence-corrected chi connectivity index (χ3v) is 4.51. The van der Waals surface area contributed by atoms with Crippen molar-refractivity contribution in [3.63, 3.8) is 0 Å². The Kier molecular flexibility index (Phi) is 4.78. The van der Waals surface area contributed by atoms with Crippen LogP contribution in [0.3, 0.4) is 0 Å². The molecule has 1 amide bonds. The number of hydrogen-bond acceptors (Lipinski definition) is 5. The highest BCUT2D eigenvalue weighted by atomic mass is 16.2. The lowest BCUT2D eigenvalue weighted by molar-refractivity contribution is -0.133. The quantitative estimate of drug-likeness (QED) is 0.907. The zero-order chi connectivity index (χ0) is 17.1. The van der Waals surface area contributed by atoms with Crippen molar-refractivity contribution in [1.82, 2.24) is 24.6 Å². The highest BCUT2D eigenvalue weighted by Crippen LogP contribution is 2.24. The fourth-order valence-electron chi connectivity index (χ4n) is 3.13. The lowest BCUT2D eigenvalue weighted by atomic mass is 10.1. The molecule has 1 N–H and O–H groups in total. The van der Waals surface area contributed by atoms with Crippen LogP contribution >= 0.6 is 0 Å². The van der Waals surface area contributed by atoms with Crippen LogP contribution in [-0.4, -0.2) is 50.2 Å². The van der Waals surface area contributed by atoms with Gasteiger partial charge in [0.25, 0.3) is 0 Å². The van der Waals surface area contributed by atoms with Crippen LogP contribution in [0.2, 0.25) is 0 Å². The molecule has 1 saturated heterocycles. The van der Waals surface area contributed by atoms with E-state index < -0.39 is 0 Å². The van der Waals surface area contributed by atoms with Crippen LogP contribution in [0.15, 0.2) is 12.3 Å². The number of hydrogen-bond donors (Lipinski definition) is 1. The van der Waals surface area contributed by atoms with E-state index in [0.717, 1.165) is 42.0 Å². The first-order valence-corrected chi connectivity index (χ1v) is 8.41. The lowest BCUT2D eigenvalue weighted by Crippen LogP contribution is -2.38. The van der Waals surface area contributed by atoms with Crippen molar-refractivity contribution in [1.29, 1.82) is 0 Å². The first-order chi connectivity index (χ1) is 11.6. The summed E-state index contributed by atoms with van der Waals surface area (Å²) in [6.45, 7) is 6.22. The van der Waals surface area contributed by atoms with Crippen molar-refractivity contribution >= 4 is 11.9 Å². The summed E-state index contributed by atoms with van der Waals surface area (Å²) >= 11 is 0. The molecule has 7 nitrogen and oxygen atoms in total. The standard InChI is InChI=1S/C17H24N6O/c1-12-16(13(2)22(3)21-12)14-7-8-18-17(20-14)19-9-11-23-10-5-4-6-15(23)24/h7-8H,4-6,9-11H2,1-3H3,(H,18,19,20). The number of aryl methyl sites for hydroxylation is 2. The molecule has 0 aliphatic carbocycles. The molecule has 3 rings (SSSR count). The van der Waals surface area contributed by atoms with Crippen LogP contribution < -0.4 is 5.32 Å². The summed E-state index contributed by atoms with van der Waals surface area (Å²) in [5.74, 6) is 0.832. The van der Waals surface area contributed by atoms with E-state index in [2.05, 4.69) is 20.4 Å². The SMILES string of the molecule is Cc1nn(C)c(C)c1-c1ccnc(NCCN2CCCCC2=O)n1. The van der Waals surface area contributed by atoms with Crippen molar-refractivity contribution in [2.75, 3.05) is 25.0 Å². The number of aromatic nitrogens is 4. The van der Waals surface area contributed by atoms with Gasteiger partial charge in [-0.25, -0.2) is 9.97 Å². The molecule has 0 aromatic carbocycles. The van der Waals surface area contributed by atoms with Crippen molar-refractivity contribution in [2.24, 2.45) is 7.05 Å². The molecule has 2 aromatic rings. The van der Waals surface area contributed by atoms with Crippen molar-refractivity contribution in [2.45, 2.75) is 33.1 Å². The zero-order valence-corrected chi connectivity index (χ0v) is 14.5. The maximum absolute atomic E-state index is 11.8. The van der Waals surface area contributed by atoms with E-state index in [-0.39, 0.29) is 5.91 Å². The van der Waals surface area contributed by atoms with Gasteiger partial charge in [0.05, 0.1) is 11.4 Å². The summed E-state index contributed by atoms with van der Waals surface area (Å²) < 4.78 is 1.86. The summed E-state index contributed by atoms with van der Waals surface area (Å²) in [6, 6.07) is 1.90. The molecule has 0 unspecified atom stereocenters. The Morgan fingerprint density at radius 1 is 1.29 bits per heavy atom. The van der Waals surface area contributed by atoms with E-state index in [0.29, 0.717) is 25.5 Å². The molecule has 0 saturated carbocycles. The van der Waals surface area contributed by atoms with Crippen molar-refractivity contribution < 1.29 is 4.79 Å². The summed E-state index contributed by atoms with van der Waals surface area (Å²) in [5.41, 5.74) is 3.95. The minimum absolute atomic E-state index is 0.249. The van der Waals surface area contributed by atoms with E-state index in [1.807, 2.05) is 36.5 Å². The Balaban J connectivity index is 1.66. The van der Waals surface area contributed by atoms with Gasteiger partial charge < -0.3 is 10.2 Å². The van der Waals surface area contributed by atoms with Crippen LogP contribution in [0.1, 0.15) is 30.7 Å². The highest BCUT2D eigenvalue weighted by molar-refractivity contribution is 5.76. The maximum atomic E-state index is 11.8. The molecule has 0 spiro atoms. The van der Waals surface area contributed by atoms with Gasteiger partial charge in [-0.3, -0.25) is 9.48 Å². The van der Waals surface area contributed by atoms with E-state index >= 15 is 0 Å². The van der Waals surface area contributed by atoms with Gasteiger partial charge in [-0.1, -0.05) is 0 Å². The average Bonchev–Trinajstić information content (AvgIpc) is 2.82. The molecular weight excluding hydrogens is 304 g/mol. The minimum Gasteiger partial charge on any atom is -0.352 e. The van der Waals surface area contributed by atoms with Gasteiger partial charge in [-0.15, -0.1) is 0 Å². The molecule has 2 aromatic heterocycles. The molecule has 128 valence electrons. The molecule has 1 aliphatic rings. The van der Waals surface area contributed by atoms with Gasteiger partial charge in [0, 0.05) is 50.6 Å². The van der Waals surface area contributed by atoms with Crippen LogP contribution in [0.4, 0.5) is 5.95 Å². The Morgan fingerprint density at radius 2 is 2.12 bits per heavy atom. The van der Waals surface area contributed by atoms with Crippen LogP contribution in [0.5, 0.6) is 0 Å². The van der Waals surface area contributed by atoms with Gasteiger partial charge in [0.2, 0.25) is 11.9 Å². The fourth-order valence-corrected chi connectivity index (χ4v) is 3.13. The highest BCUT2D eigenvalue weighted by Gasteiger charge is 2.17. The molecule has 3 heterocycles. The Bertz CT molecular complexity index is 739. The first kappa shape index (κ1) is 16.4. The number of rotatable bonds is 5. The van der Waals surface area contributed by atoms with Gasteiger partial charge in [-0.2, -0.15) is 5.10 Å². The van der Waals surface area contributed by atoms with E-state index in [1.165, 1.54) is 0 Å². The molecule has 1 aliphatic heterocycles. The van der Waals surface area contributed by atoms with Gasteiger partial charge in [-0.05, 0) is 32.8 Å². The molecule has 7 heteroatoms. The van der Waals surface area contributed by atoms with Crippen LogP contribution in [0.25, 0.3) is 11.3 Å². The second-order valence-electron chi connectivity index (χ2n) is 6.20. The number of amides is 1. The monoisotopic (exact) mass is 328 g/mol. The molecule has 24 heavy (non-hydrogen) atoms. The zero-order valence-electron chi connectivity index (χ0n) is 14.5.